The summed E-state index contributed by atoms with van der Waals surface area (Å²) in [4.78, 5) is 23.0. The lowest BCUT2D eigenvalue weighted by Gasteiger charge is -2.17. The summed E-state index contributed by atoms with van der Waals surface area (Å²) in [5, 5.41) is 9.80. The number of anilines is 1. The third kappa shape index (κ3) is 2.87. The van der Waals surface area contributed by atoms with Crippen molar-refractivity contribution in [3.8, 4) is 0 Å². The van der Waals surface area contributed by atoms with Crippen LogP contribution in [0.5, 0.6) is 0 Å². The summed E-state index contributed by atoms with van der Waals surface area (Å²) < 4.78 is 22.5. The number of hydrogen-bond donors (Lipinski definition) is 0. The van der Waals surface area contributed by atoms with Crippen LogP contribution in [0.25, 0.3) is 0 Å². The summed E-state index contributed by atoms with van der Waals surface area (Å²) in [6, 6.07) is 3.61. The van der Waals surface area contributed by atoms with E-state index in [0.717, 1.165) is 11.0 Å². The van der Waals surface area contributed by atoms with Gasteiger partial charge < -0.3 is 4.90 Å². The maximum absolute atomic E-state index is 11.8. The summed E-state index contributed by atoms with van der Waals surface area (Å²) in [6.07, 6.45) is -0.273. The molecule has 1 heterocycles. The van der Waals surface area contributed by atoms with E-state index in [0.29, 0.717) is 0 Å². The van der Waals surface area contributed by atoms with E-state index >= 15 is 0 Å². The van der Waals surface area contributed by atoms with Crippen molar-refractivity contribution in [1.29, 1.82) is 0 Å². The summed E-state index contributed by atoms with van der Waals surface area (Å²) in [6.45, 7) is -0.175. The highest BCUT2D eigenvalue weighted by Gasteiger charge is 2.39. The zero-order valence-corrected chi connectivity index (χ0v) is 12.2. The maximum Gasteiger partial charge on any atom is 0.271 e. The zero-order chi connectivity index (χ0) is 15.1. The zero-order valence-electron chi connectivity index (χ0n) is 9.82. The lowest BCUT2D eigenvalue weighted by Crippen LogP contribution is -2.27. The second-order valence-corrected chi connectivity index (χ2v) is 7.51. The van der Waals surface area contributed by atoms with Crippen LogP contribution >= 0.6 is 22.3 Å². The Labute approximate surface area is 123 Å². The second kappa shape index (κ2) is 5.19. The Hall–Kier alpha value is -1.38. The molecule has 1 aliphatic heterocycles. The quantitative estimate of drug-likeness (QED) is 0.476. The van der Waals surface area contributed by atoms with Gasteiger partial charge in [0.25, 0.3) is 5.69 Å². The van der Waals surface area contributed by atoms with Crippen LogP contribution in [0.4, 0.5) is 11.4 Å². The molecule has 1 atom stereocenters. The second-order valence-electron chi connectivity index (χ2n) is 4.20. The van der Waals surface area contributed by atoms with Gasteiger partial charge in [-0.3, -0.25) is 14.9 Å². The highest BCUT2D eigenvalue weighted by Crippen LogP contribution is 2.34. The number of nitro groups is 1. The number of amides is 1. The minimum absolute atomic E-state index is 0.105. The van der Waals surface area contributed by atoms with E-state index in [-0.39, 0.29) is 29.4 Å². The van der Waals surface area contributed by atoms with Crippen molar-refractivity contribution < 1.29 is 18.1 Å². The average Bonchev–Trinajstić information content (AvgIpc) is 2.71. The normalized spacial score (nSPS) is 19.4. The van der Waals surface area contributed by atoms with Gasteiger partial charge in [-0.05, 0) is 6.07 Å². The van der Waals surface area contributed by atoms with Crippen LogP contribution in [-0.4, -0.2) is 31.0 Å². The molecule has 1 aromatic carbocycles. The van der Waals surface area contributed by atoms with E-state index in [1.807, 2.05) is 0 Å². The molecule has 0 saturated carbocycles. The summed E-state index contributed by atoms with van der Waals surface area (Å²) >= 11 is 5.91. The van der Waals surface area contributed by atoms with Crippen LogP contribution < -0.4 is 4.90 Å². The molecule has 0 aliphatic carbocycles. The molecule has 0 N–H and O–H groups in total. The summed E-state index contributed by atoms with van der Waals surface area (Å²) in [5.41, 5.74) is -0.136. The van der Waals surface area contributed by atoms with Crippen LogP contribution in [0.15, 0.2) is 18.2 Å². The van der Waals surface area contributed by atoms with Crippen molar-refractivity contribution in [2.24, 2.45) is 0 Å². The predicted octanol–water partition coefficient (Wildman–Crippen LogP) is 1.92. The fourth-order valence-electron chi connectivity index (χ4n) is 1.92. The van der Waals surface area contributed by atoms with E-state index in [1.165, 1.54) is 12.1 Å². The highest BCUT2D eigenvalue weighted by molar-refractivity contribution is 8.14. The Bertz CT molecular complexity index is 691. The van der Waals surface area contributed by atoms with Gasteiger partial charge in [-0.2, -0.15) is 0 Å². The number of carbonyl (C=O) groups is 1. The topological polar surface area (TPSA) is 97.6 Å². The van der Waals surface area contributed by atoms with Gasteiger partial charge in [-0.15, -0.1) is 0 Å². The molecular formula is C10H8Cl2N2O5S. The minimum atomic E-state index is -3.88. The standard InChI is InChI=1S/C10H8Cl2N2O5S/c11-8-2-1-6(14(16)17)3-9(8)13-5-7(4-10(13)15)20(12,18)19/h1-3,7H,4-5H2. The molecule has 10 heteroatoms. The smallest absolute Gasteiger partial charge is 0.271 e. The summed E-state index contributed by atoms with van der Waals surface area (Å²) in [7, 11) is 1.35. The lowest BCUT2D eigenvalue weighted by atomic mass is 10.2. The summed E-state index contributed by atoms with van der Waals surface area (Å²) in [5.74, 6) is -0.498. The Morgan fingerprint density at radius 1 is 1.40 bits per heavy atom. The molecule has 0 spiro atoms. The van der Waals surface area contributed by atoms with Crippen molar-refractivity contribution in [2.75, 3.05) is 11.4 Å². The molecule has 1 fully saturated rings. The molecule has 2 rings (SSSR count). The van der Waals surface area contributed by atoms with Crippen molar-refractivity contribution >= 4 is 48.6 Å². The van der Waals surface area contributed by atoms with E-state index in [2.05, 4.69) is 0 Å². The molecule has 0 bridgehead atoms. The predicted molar refractivity (Wildman–Crippen MR) is 73.6 cm³/mol. The van der Waals surface area contributed by atoms with Gasteiger partial charge in [0.1, 0.15) is 5.25 Å². The third-order valence-corrected chi connectivity index (χ3v) is 5.11. The van der Waals surface area contributed by atoms with E-state index in [9.17, 15) is 23.3 Å². The number of nitrogens with zero attached hydrogens (tertiary/aromatic N) is 2. The molecule has 1 aliphatic rings. The number of hydrogen-bond acceptors (Lipinski definition) is 5. The number of benzene rings is 1. The van der Waals surface area contributed by atoms with Crippen molar-refractivity contribution in [2.45, 2.75) is 11.7 Å². The third-order valence-electron chi connectivity index (χ3n) is 2.92. The molecule has 1 saturated heterocycles. The average molecular weight is 339 g/mol. The van der Waals surface area contributed by atoms with Gasteiger partial charge in [0, 0.05) is 35.8 Å². The number of halogens is 2. The van der Waals surface area contributed by atoms with Crippen LogP contribution in [0.3, 0.4) is 0 Å². The molecular weight excluding hydrogens is 331 g/mol. The molecule has 0 radical (unpaired) electrons. The highest BCUT2D eigenvalue weighted by atomic mass is 35.7. The molecule has 108 valence electrons. The fraction of sp³-hybridized carbons (Fsp3) is 0.300. The van der Waals surface area contributed by atoms with Crippen LogP contribution in [0.1, 0.15) is 6.42 Å². The van der Waals surface area contributed by atoms with Gasteiger partial charge in [0.15, 0.2) is 0 Å². The first-order valence-corrected chi connectivity index (χ1v) is 8.13. The Morgan fingerprint density at radius 2 is 2.05 bits per heavy atom. The number of rotatable bonds is 3. The first-order valence-electron chi connectivity index (χ1n) is 5.38. The largest absolute Gasteiger partial charge is 0.309 e. The molecule has 1 amide bonds. The molecule has 1 unspecified atom stereocenters. The first kappa shape index (κ1) is 15.0. The van der Waals surface area contributed by atoms with Gasteiger partial charge in [-0.1, -0.05) is 11.6 Å². The molecule has 0 aromatic heterocycles. The van der Waals surface area contributed by atoms with Gasteiger partial charge in [0.05, 0.1) is 15.6 Å². The number of carbonyl (C=O) groups excluding carboxylic acids is 1. The monoisotopic (exact) mass is 338 g/mol. The first-order chi connectivity index (χ1) is 9.20. The van der Waals surface area contributed by atoms with E-state index in [1.54, 1.807) is 0 Å². The number of nitro benzene ring substituents is 1. The van der Waals surface area contributed by atoms with Gasteiger partial charge in [0.2, 0.25) is 15.0 Å². The van der Waals surface area contributed by atoms with Crippen molar-refractivity contribution in [1.82, 2.24) is 0 Å². The molecule has 1 aromatic rings. The van der Waals surface area contributed by atoms with E-state index in [4.69, 9.17) is 22.3 Å². The van der Waals surface area contributed by atoms with Crippen LogP contribution in [0, 0.1) is 10.1 Å². The van der Waals surface area contributed by atoms with Crippen molar-refractivity contribution in [3.05, 3.63) is 33.3 Å². The Balaban J connectivity index is 2.40. The van der Waals surface area contributed by atoms with Crippen LogP contribution in [-0.2, 0) is 13.8 Å². The van der Waals surface area contributed by atoms with Crippen LogP contribution in [0.2, 0.25) is 5.02 Å². The molecule has 20 heavy (non-hydrogen) atoms. The Kier molecular flexibility index (Phi) is 3.90. The Morgan fingerprint density at radius 3 is 2.55 bits per heavy atom. The lowest BCUT2D eigenvalue weighted by molar-refractivity contribution is -0.384. The molecule has 7 nitrogen and oxygen atoms in total. The fourth-order valence-corrected chi connectivity index (χ4v) is 3.16. The minimum Gasteiger partial charge on any atom is -0.309 e. The van der Waals surface area contributed by atoms with Crippen molar-refractivity contribution in [3.63, 3.8) is 0 Å². The van der Waals surface area contributed by atoms with Gasteiger partial charge in [-0.25, -0.2) is 8.42 Å². The number of non-ortho nitro benzene ring substituents is 1. The maximum atomic E-state index is 11.8. The van der Waals surface area contributed by atoms with Gasteiger partial charge >= 0.3 is 0 Å². The van der Waals surface area contributed by atoms with E-state index < -0.39 is 25.1 Å². The SMILES string of the molecule is O=C1CC(S(=O)(=O)Cl)CN1c1cc([N+](=O)[O-])ccc1Cl.